The molecule has 0 aliphatic heterocycles. The van der Waals surface area contributed by atoms with Gasteiger partial charge < -0.3 is 10.1 Å². The summed E-state index contributed by atoms with van der Waals surface area (Å²) in [5, 5.41) is 3.53. The minimum absolute atomic E-state index is 0.391. The lowest BCUT2D eigenvalue weighted by Crippen LogP contribution is -2.29. The van der Waals surface area contributed by atoms with E-state index in [9.17, 15) is 14.0 Å². The van der Waals surface area contributed by atoms with Crippen molar-refractivity contribution in [3.63, 3.8) is 0 Å². The molecule has 0 fully saturated rings. The van der Waals surface area contributed by atoms with E-state index in [4.69, 9.17) is 4.74 Å². The van der Waals surface area contributed by atoms with Gasteiger partial charge in [-0.2, -0.15) is 0 Å². The highest BCUT2D eigenvalue weighted by molar-refractivity contribution is 7.20. The normalized spacial score (nSPS) is 11.9. The second-order valence-electron chi connectivity index (χ2n) is 5.19. The van der Waals surface area contributed by atoms with Crippen molar-refractivity contribution in [3.8, 4) is 0 Å². The van der Waals surface area contributed by atoms with Crippen LogP contribution in [0.5, 0.6) is 0 Å². The van der Waals surface area contributed by atoms with Crippen molar-refractivity contribution in [2.24, 2.45) is 0 Å². The third-order valence-electron chi connectivity index (χ3n) is 3.39. The van der Waals surface area contributed by atoms with E-state index in [0.717, 1.165) is 10.1 Å². The first kappa shape index (κ1) is 16.1. The summed E-state index contributed by atoms with van der Waals surface area (Å²) in [5.41, 5.74) is 0.436. The number of anilines is 1. The summed E-state index contributed by atoms with van der Waals surface area (Å²) in [4.78, 5) is 24.7. The molecule has 0 aliphatic carbocycles. The van der Waals surface area contributed by atoms with Crippen LogP contribution in [0.1, 0.15) is 16.6 Å². The fourth-order valence-electron chi connectivity index (χ4n) is 2.13. The van der Waals surface area contributed by atoms with Crippen molar-refractivity contribution < 1.29 is 18.7 Å². The van der Waals surface area contributed by atoms with Crippen molar-refractivity contribution in [2.45, 2.75) is 13.0 Å². The lowest BCUT2D eigenvalue weighted by atomic mass is 10.2. The molecule has 3 rings (SSSR count). The van der Waals surface area contributed by atoms with E-state index in [1.165, 1.54) is 42.5 Å². The summed E-state index contributed by atoms with van der Waals surface area (Å²) in [7, 11) is 0. The standard InChI is InChI=1S/C18H14FNO3S/c1-11(17(21)20-14-8-6-13(19)7-9-14)23-18(22)16-10-12-4-2-3-5-15(12)24-16/h2-11H,1H3,(H,20,21)/t11-/m1/s1. The van der Waals surface area contributed by atoms with Gasteiger partial charge in [0.1, 0.15) is 10.7 Å². The first-order valence-corrected chi connectivity index (χ1v) is 8.10. The van der Waals surface area contributed by atoms with E-state index < -0.39 is 23.8 Å². The molecule has 1 heterocycles. The molecule has 0 unspecified atom stereocenters. The zero-order chi connectivity index (χ0) is 17.1. The van der Waals surface area contributed by atoms with Gasteiger partial charge in [0.15, 0.2) is 6.10 Å². The number of ether oxygens (including phenoxy) is 1. The number of benzene rings is 2. The molecule has 6 heteroatoms. The highest BCUT2D eigenvalue weighted by atomic mass is 32.1. The van der Waals surface area contributed by atoms with Gasteiger partial charge in [0.05, 0.1) is 0 Å². The maximum atomic E-state index is 12.8. The molecule has 0 radical (unpaired) electrons. The number of hydrogen-bond donors (Lipinski definition) is 1. The average molecular weight is 343 g/mol. The van der Waals surface area contributed by atoms with E-state index >= 15 is 0 Å². The number of nitrogens with one attached hydrogen (secondary N) is 1. The summed E-state index contributed by atoms with van der Waals surface area (Å²) >= 11 is 1.32. The molecule has 2 aromatic carbocycles. The van der Waals surface area contributed by atoms with E-state index in [1.54, 1.807) is 6.07 Å². The Hall–Kier alpha value is -2.73. The molecule has 4 nitrogen and oxygen atoms in total. The topological polar surface area (TPSA) is 55.4 Å². The largest absolute Gasteiger partial charge is 0.448 e. The highest BCUT2D eigenvalue weighted by Gasteiger charge is 2.20. The Morgan fingerprint density at radius 1 is 1.12 bits per heavy atom. The number of esters is 1. The number of amides is 1. The summed E-state index contributed by atoms with van der Waals surface area (Å²) < 4.78 is 19.0. The maximum absolute atomic E-state index is 12.8. The number of carbonyl (C=O) groups excluding carboxylic acids is 2. The third-order valence-corrected chi connectivity index (χ3v) is 4.49. The molecular formula is C18H14FNO3S. The van der Waals surface area contributed by atoms with Gasteiger partial charge in [-0.1, -0.05) is 18.2 Å². The summed E-state index contributed by atoms with van der Waals surface area (Å²) in [6.07, 6.45) is -0.965. The molecule has 0 bridgehead atoms. The molecule has 122 valence electrons. The van der Waals surface area contributed by atoms with E-state index in [1.807, 2.05) is 24.3 Å². The second-order valence-corrected chi connectivity index (χ2v) is 6.28. The Kier molecular flexibility index (Phi) is 4.57. The molecule has 0 spiro atoms. The van der Waals surface area contributed by atoms with Gasteiger partial charge in [0.25, 0.3) is 5.91 Å². The SMILES string of the molecule is C[C@@H](OC(=O)c1cc2ccccc2s1)C(=O)Nc1ccc(F)cc1. The predicted octanol–water partition coefficient (Wildman–Crippen LogP) is 4.22. The van der Waals surface area contributed by atoms with Crippen LogP contribution in [0, 0.1) is 5.82 Å². The molecule has 1 atom stereocenters. The number of rotatable bonds is 4. The highest BCUT2D eigenvalue weighted by Crippen LogP contribution is 2.26. The van der Waals surface area contributed by atoms with Crippen LogP contribution in [-0.2, 0) is 9.53 Å². The zero-order valence-corrected chi connectivity index (χ0v) is 13.6. The summed E-state index contributed by atoms with van der Waals surface area (Å²) in [6, 6.07) is 14.7. The molecule has 0 aliphatic rings. The van der Waals surface area contributed by atoms with Crippen LogP contribution < -0.4 is 5.32 Å². The number of fused-ring (bicyclic) bond motifs is 1. The summed E-state index contributed by atoms with van der Waals surface area (Å²) in [5.74, 6) is -1.41. The average Bonchev–Trinajstić information content (AvgIpc) is 3.01. The minimum Gasteiger partial charge on any atom is -0.448 e. The smallest absolute Gasteiger partial charge is 0.349 e. The van der Waals surface area contributed by atoms with Gasteiger partial charge in [-0.25, -0.2) is 9.18 Å². The Labute approximate surface area is 141 Å². The number of thiophene rings is 1. The van der Waals surface area contributed by atoms with Crippen LogP contribution >= 0.6 is 11.3 Å². The van der Waals surface area contributed by atoms with Gasteiger partial charge in [0.2, 0.25) is 0 Å². The molecular weight excluding hydrogens is 329 g/mol. The molecule has 0 saturated carbocycles. The van der Waals surface area contributed by atoms with Crippen LogP contribution in [0.25, 0.3) is 10.1 Å². The van der Waals surface area contributed by atoms with Crippen molar-refractivity contribution in [1.82, 2.24) is 0 Å². The predicted molar refractivity (Wildman–Crippen MR) is 91.7 cm³/mol. The van der Waals surface area contributed by atoms with Crippen molar-refractivity contribution in [3.05, 3.63) is 65.3 Å². The Morgan fingerprint density at radius 2 is 1.83 bits per heavy atom. The molecule has 3 aromatic rings. The Morgan fingerprint density at radius 3 is 2.54 bits per heavy atom. The maximum Gasteiger partial charge on any atom is 0.349 e. The number of halogens is 1. The van der Waals surface area contributed by atoms with Crippen LogP contribution in [0.15, 0.2) is 54.6 Å². The van der Waals surface area contributed by atoms with E-state index in [2.05, 4.69) is 5.32 Å². The van der Waals surface area contributed by atoms with Gasteiger partial charge in [-0.05, 0) is 48.7 Å². The van der Waals surface area contributed by atoms with Crippen molar-refractivity contribution in [1.29, 1.82) is 0 Å². The van der Waals surface area contributed by atoms with Crippen LogP contribution in [0.2, 0.25) is 0 Å². The zero-order valence-electron chi connectivity index (χ0n) is 12.8. The van der Waals surface area contributed by atoms with Gasteiger partial charge >= 0.3 is 5.97 Å². The lowest BCUT2D eigenvalue weighted by molar-refractivity contribution is -0.123. The first-order chi connectivity index (χ1) is 11.5. The monoisotopic (exact) mass is 343 g/mol. The molecule has 24 heavy (non-hydrogen) atoms. The number of carbonyl (C=O) groups is 2. The first-order valence-electron chi connectivity index (χ1n) is 7.29. The number of hydrogen-bond acceptors (Lipinski definition) is 4. The van der Waals surface area contributed by atoms with Crippen LogP contribution in [0.4, 0.5) is 10.1 Å². The second kappa shape index (κ2) is 6.80. The Balaban J connectivity index is 1.64. The molecule has 1 aromatic heterocycles. The van der Waals surface area contributed by atoms with E-state index in [-0.39, 0.29) is 0 Å². The fraction of sp³-hybridized carbons (Fsp3) is 0.111. The lowest BCUT2D eigenvalue weighted by Gasteiger charge is -2.12. The third kappa shape index (κ3) is 3.60. The molecule has 1 amide bonds. The van der Waals surface area contributed by atoms with Gasteiger partial charge in [-0.15, -0.1) is 11.3 Å². The van der Waals surface area contributed by atoms with Gasteiger partial charge in [-0.3, -0.25) is 4.79 Å². The van der Waals surface area contributed by atoms with Crippen molar-refractivity contribution in [2.75, 3.05) is 5.32 Å². The van der Waals surface area contributed by atoms with Crippen molar-refractivity contribution >= 4 is 39.0 Å². The van der Waals surface area contributed by atoms with E-state index in [0.29, 0.717) is 10.6 Å². The minimum atomic E-state index is -0.965. The molecule has 0 saturated heterocycles. The van der Waals surface area contributed by atoms with Crippen LogP contribution in [0.3, 0.4) is 0 Å². The quantitative estimate of drug-likeness (QED) is 0.722. The Bertz CT molecular complexity index is 856. The fourth-order valence-corrected chi connectivity index (χ4v) is 3.08. The molecule has 1 N–H and O–H groups in total. The van der Waals surface area contributed by atoms with Crippen LogP contribution in [-0.4, -0.2) is 18.0 Å². The van der Waals surface area contributed by atoms with Gasteiger partial charge in [0, 0.05) is 10.4 Å². The summed E-state index contributed by atoms with van der Waals surface area (Å²) in [6.45, 7) is 1.49.